The Kier molecular flexibility index (Phi) is 6.23. The summed E-state index contributed by atoms with van der Waals surface area (Å²) in [5.41, 5.74) is 3.52. The van der Waals surface area contributed by atoms with Gasteiger partial charge in [-0.3, -0.25) is 4.90 Å². The van der Waals surface area contributed by atoms with Gasteiger partial charge in [-0.15, -0.1) is 0 Å². The normalized spacial score (nSPS) is 23.0. The third-order valence-corrected chi connectivity index (χ3v) is 8.53. The zero-order valence-electron chi connectivity index (χ0n) is 18.3. The van der Waals surface area contributed by atoms with Crippen molar-refractivity contribution in [1.82, 2.24) is 9.62 Å². The van der Waals surface area contributed by atoms with Crippen molar-refractivity contribution < 1.29 is 17.5 Å². The number of hydrogen-bond donors (Lipinski definition) is 1. The minimum atomic E-state index is -3.28. The molecular weight excluding hydrogens is 427 g/mol. The molecule has 1 heterocycles. The van der Waals surface area contributed by atoms with Crippen LogP contribution < -0.4 is 9.46 Å². The van der Waals surface area contributed by atoms with Crippen molar-refractivity contribution in [3.63, 3.8) is 0 Å². The molecule has 0 aromatic heterocycles. The highest BCUT2D eigenvalue weighted by Crippen LogP contribution is 2.42. The van der Waals surface area contributed by atoms with Crippen molar-refractivity contribution in [2.24, 2.45) is 5.92 Å². The Morgan fingerprint density at radius 1 is 1.12 bits per heavy atom. The zero-order valence-corrected chi connectivity index (χ0v) is 19.1. The van der Waals surface area contributed by atoms with Crippen LogP contribution in [0.2, 0.25) is 0 Å². The van der Waals surface area contributed by atoms with E-state index in [1.54, 1.807) is 6.07 Å². The van der Waals surface area contributed by atoms with Crippen molar-refractivity contribution >= 4 is 10.0 Å². The van der Waals surface area contributed by atoms with E-state index < -0.39 is 10.0 Å². The van der Waals surface area contributed by atoms with Crippen LogP contribution in [0.4, 0.5) is 4.39 Å². The van der Waals surface area contributed by atoms with Crippen LogP contribution in [0.15, 0.2) is 42.5 Å². The average molecular weight is 459 g/mol. The Bertz CT molecular complexity index is 1050. The van der Waals surface area contributed by atoms with Crippen LogP contribution in [0.1, 0.15) is 41.9 Å². The molecule has 2 fully saturated rings. The number of benzene rings is 2. The molecule has 2 atom stereocenters. The molecule has 32 heavy (non-hydrogen) atoms. The lowest BCUT2D eigenvalue weighted by molar-refractivity contribution is 0.106. The maximum Gasteiger partial charge on any atom is 0.211 e. The average Bonchev–Trinajstić information content (AvgIpc) is 3.47. The number of rotatable bonds is 10. The molecular formula is C25H31FN2O3S. The molecule has 2 aromatic carbocycles. The van der Waals surface area contributed by atoms with Crippen molar-refractivity contribution in [2.75, 3.05) is 32.0 Å². The van der Waals surface area contributed by atoms with E-state index in [1.807, 2.05) is 12.1 Å². The number of fused-ring (bicyclic) bond motifs is 1. The second-order valence-electron chi connectivity index (χ2n) is 9.41. The molecule has 7 heteroatoms. The fourth-order valence-corrected chi connectivity index (χ4v) is 6.47. The summed E-state index contributed by atoms with van der Waals surface area (Å²) in [7, 11) is -3.28. The van der Waals surface area contributed by atoms with E-state index in [-0.39, 0.29) is 30.5 Å². The predicted octanol–water partition coefficient (Wildman–Crippen LogP) is 3.49. The molecule has 2 aromatic rings. The van der Waals surface area contributed by atoms with E-state index in [2.05, 4.69) is 33.9 Å². The van der Waals surface area contributed by atoms with Gasteiger partial charge in [0.05, 0.1) is 5.75 Å². The molecule has 1 N–H and O–H groups in total. The fourth-order valence-electron chi connectivity index (χ4n) is 5.00. The first kappa shape index (κ1) is 21.9. The van der Waals surface area contributed by atoms with Gasteiger partial charge in [-0.05, 0) is 79.9 Å². The van der Waals surface area contributed by atoms with Crippen molar-refractivity contribution in [1.29, 1.82) is 0 Å². The molecule has 2 aliphatic carbocycles. The van der Waals surface area contributed by atoms with E-state index in [4.69, 9.17) is 4.74 Å². The summed E-state index contributed by atoms with van der Waals surface area (Å²) in [6, 6.07) is 14.3. The Hall–Kier alpha value is -1.96. The zero-order chi connectivity index (χ0) is 22.1. The molecule has 1 saturated heterocycles. The minimum absolute atomic E-state index is 0.110. The Morgan fingerprint density at radius 3 is 2.59 bits per heavy atom. The molecule has 5 rings (SSSR count). The number of ether oxygens (including phenoxy) is 1. The molecule has 1 saturated carbocycles. The van der Waals surface area contributed by atoms with Crippen LogP contribution >= 0.6 is 0 Å². The Labute approximate surface area is 190 Å². The first-order chi connectivity index (χ1) is 15.5. The number of nitrogens with zero attached hydrogens (tertiary/aromatic N) is 1. The summed E-state index contributed by atoms with van der Waals surface area (Å²) in [6.07, 6.45) is 4.98. The molecule has 0 bridgehead atoms. The molecule has 172 valence electrons. The number of halogens is 1. The standard InChI is InChI=1S/C25H31FN2O3S/c26-23-14-20-15-24(28-10-4-11-28)22(13-18-5-2-1-3-6-18)21(20)16-25(23)31-12-9-27-32(29,30)17-19-7-8-19/h1-3,5-6,14,16,19,22,24,27H,4,7-13,15,17H2. The lowest BCUT2D eigenvalue weighted by Crippen LogP contribution is -2.47. The lowest BCUT2D eigenvalue weighted by atomic mass is 9.89. The van der Waals surface area contributed by atoms with Crippen molar-refractivity contribution in [2.45, 2.75) is 44.1 Å². The van der Waals surface area contributed by atoms with Gasteiger partial charge in [-0.2, -0.15) is 0 Å². The highest BCUT2D eigenvalue weighted by atomic mass is 32.2. The number of likely N-dealkylation sites (tertiary alicyclic amines) is 1. The Morgan fingerprint density at radius 2 is 1.91 bits per heavy atom. The largest absolute Gasteiger partial charge is 0.489 e. The van der Waals surface area contributed by atoms with Gasteiger partial charge in [-0.25, -0.2) is 17.5 Å². The quantitative estimate of drug-likeness (QED) is 0.554. The second-order valence-corrected chi connectivity index (χ2v) is 11.3. The van der Waals surface area contributed by atoms with E-state index in [9.17, 15) is 12.8 Å². The first-order valence-corrected chi connectivity index (χ1v) is 13.3. The van der Waals surface area contributed by atoms with Gasteiger partial charge in [0.1, 0.15) is 6.61 Å². The first-order valence-electron chi connectivity index (χ1n) is 11.7. The predicted molar refractivity (Wildman–Crippen MR) is 123 cm³/mol. The van der Waals surface area contributed by atoms with Crippen molar-refractivity contribution in [3.8, 4) is 5.75 Å². The summed E-state index contributed by atoms with van der Waals surface area (Å²) in [5, 5.41) is 0. The summed E-state index contributed by atoms with van der Waals surface area (Å²) in [4.78, 5) is 2.51. The van der Waals surface area contributed by atoms with Gasteiger partial charge in [0.2, 0.25) is 10.0 Å². The highest BCUT2D eigenvalue weighted by Gasteiger charge is 2.39. The smallest absolute Gasteiger partial charge is 0.211 e. The summed E-state index contributed by atoms with van der Waals surface area (Å²) < 4.78 is 47.1. The van der Waals surface area contributed by atoms with Crippen LogP contribution in [-0.2, 0) is 22.9 Å². The second kappa shape index (κ2) is 9.12. The maximum atomic E-state index is 14.8. The fraction of sp³-hybridized carbons (Fsp3) is 0.520. The number of sulfonamides is 1. The maximum absolute atomic E-state index is 14.8. The van der Waals surface area contributed by atoms with Gasteiger partial charge in [-0.1, -0.05) is 30.3 Å². The van der Waals surface area contributed by atoms with Crippen LogP contribution in [0, 0.1) is 11.7 Å². The molecule has 5 nitrogen and oxygen atoms in total. The molecule has 3 aliphatic rings. The van der Waals surface area contributed by atoms with Crippen LogP contribution in [0.3, 0.4) is 0 Å². The number of nitrogens with one attached hydrogen (secondary N) is 1. The SMILES string of the molecule is O=S(=O)(CC1CC1)NCCOc1cc2c(cc1F)CC(N1CCC1)C2Cc1ccccc1. The number of hydrogen-bond acceptors (Lipinski definition) is 4. The Balaban J connectivity index is 1.28. The summed E-state index contributed by atoms with van der Waals surface area (Å²) >= 11 is 0. The van der Waals surface area contributed by atoms with Gasteiger partial charge < -0.3 is 4.74 Å². The summed E-state index contributed by atoms with van der Waals surface area (Å²) in [6.45, 7) is 2.47. The van der Waals surface area contributed by atoms with E-state index >= 15 is 0 Å². The van der Waals surface area contributed by atoms with Gasteiger partial charge in [0, 0.05) is 18.5 Å². The molecule has 0 spiro atoms. The summed E-state index contributed by atoms with van der Waals surface area (Å²) in [5.74, 6) is 0.621. The molecule has 0 amide bonds. The van der Waals surface area contributed by atoms with E-state index in [1.165, 1.54) is 12.0 Å². The lowest BCUT2D eigenvalue weighted by Gasteiger charge is -2.39. The monoisotopic (exact) mass is 458 g/mol. The topological polar surface area (TPSA) is 58.6 Å². The van der Waals surface area contributed by atoms with Gasteiger partial charge in [0.15, 0.2) is 11.6 Å². The van der Waals surface area contributed by atoms with E-state index in [0.29, 0.717) is 17.9 Å². The molecule has 2 unspecified atom stereocenters. The van der Waals surface area contributed by atoms with Crippen molar-refractivity contribution in [3.05, 3.63) is 65.0 Å². The van der Waals surface area contributed by atoms with Gasteiger partial charge in [0.25, 0.3) is 0 Å². The van der Waals surface area contributed by atoms with E-state index in [0.717, 1.165) is 49.9 Å². The van der Waals surface area contributed by atoms with Gasteiger partial charge >= 0.3 is 0 Å². The minimum Gasteiger partial charge on any atom is -0.489 e. The molecule has 0 radical (unpaired) electrons. The van der Waals surface area contributed by atoms with Crippen LogP contribution in [-0.4, -0.2) is 51.4 Å². The third kappa shape index (κ3) is 5.00. The van der Waals surface area contributed by atoms with Crippen LogP contribution in [0.25, 0.3) is 0 Å². The van der Waals surface area contributed by atoms with Crippen LogP contribution in [0.5, 0.6) is 5.75 Å². The third-order valence-electron chi connectivity index (χ3n) is 6.98. The molecule has 1 aliphatic heterocycles. The highest BCUT2D eigenvalue weighted by molar-refractivity contribution is 7.89.